The van der Waals surface area contributed by atoms with E-state index in [4.69, 9.17) is 0 Å². The summed E-state index contributed by atoms with van der Waals surface area (Å²) < 4.78 is 0. The molecule has 0 bridgehead atoms. The largest absolute Gasteiger partial charge is 0.341 e. The number of nitrogens with zero attached hydrogens (tertiary/aromatic N) is 1. The topological polar surface area (TPSA) is 32.3 Å². The van der Waals surface area contributed by atoms with Gasteiger partial charge in [0.1, 0.15) is 0 Å². The van der Waals surface area contributed by atoms with E-state index < -0.39 is 0 Å². The molecule has 2 rings (SSSR count). The zero-order valence-corrected chi connectivity index (χ0v) is 10.9. The van der Waals surface area contributed by atoms with Crippen molar-refractivity contribution in [3.8, 4) is 0 Å². The van der Waals surface area contributed by atoms with E-state index in [-0.39, 0.29) is 18.3 Å². The van der Waals surface area contributed by atoms with Gasteiger partial charge in [-0.05, 0) is 35.4 Å². The van der Waals surface area contributed by atoms with Gasteiger partial charge in [0, 0.05) is 19.6 Å². The highest BCUT2D eigenvalue weighted by atomic mass is 35.5. The fourth-order valence-electron chi connectivity index (χ4n) is 1.87. The van der Waals surface area contributed by atoms with Crippen molar-refractivity contribution in [2.75, 3.05) is 20.1 Å². The van der Waals surface area contributed by atoms with Gasteiger partial charge in [0.05, 0.1) is 6.42 Å². The molecule has 1 saturated heterocycles. The van der Waals surface area contributed by atoms with Crippen molar-refractivity contribution in [2.45, 2.75) is 18.9 Å². The van der Waals surface area contributed by atoms with Gasteiger partial charge in [-0.25, -0.2) is 0 Å². The molecule has 0 unspecified atom stereocenters. The normalized spacial score (nSPS) is 19.2. The smallest absolute Gasteiger partial charge is 0.227 e. The van der Waals surface area contributed by atoms with E-state index in [1.807, 2.05) is 28.8 Å². The molecule has 1 amide bonds. The summed E-state index contributed by atoms with van der Waals surface area (Å²) in [6, 6.07) is 2.40. The van der Waals surface area contributed by atoms with Crippen molar-refractivity contribution in [3.63, 3.8) is 0 Å². The molecule has 1 aliphatic rings. The molecule has 0 spiro atoms. The predicted octanol–water partition coefficient (Wildman–Crippen LogP) is 1.53. The minimum atomic E-state index is 0. The van der Waals surface area contributed by atoms with Gasteiger partial charge in [-0.3, -0.25) is 4.79 Å². The zero-order valence-electron chi connectivity index (χ0n) is 9.31. The molecule has 0 aliphatic carbocycles. The average molecular weight is 261 g/mol. The Kier molecular flexibility index (Phi) is 5.25. The Morgan fingerprint density at radius 2 is 2.50 bits per heavy atom. The molecular formula is C11H17ClN2OS. The van der Waals surface area contributed by atoms with Gasteiger partial charge in [-0.1, -0.05) is 0 Å². The minimum Gasteiger partial charge on any atom is -0.341 e. The van der Waals surface area contributed by atoms with E-state index in [2.05, 4.69) is 5.32 Å². The van der Waals surface area contributed by atoms with Crippen LogP contribution in [0.1, 0.15) is 12.0 Å². The second-order valence-corrected chi connectivity index (χ2v) is 4.74. The number of hydrogen-bond donors (Lipinski definition) is 1. The third-order valence-electron chi connectivity index (χ3n) is 2.91. The second kappa shape index (κ2) is 6.23. The molecule has 1 atom stereocenters. The van der Waals surface area contributed by atoms with E-state index in [0.29, 0.717) is 12.5 Å². The average Bonchev–Trinajstić information content (AvgIpc) is 2.88. The molecule has 1 aromatic heterocycles. The number of thiophene rings is 1. The maximum absolute atomic E-state index is 11.9. The number of likely N-dealkylation sites (N-methyl/N-ethyl adjacent to an activating group) is 1. The van der Waals surface area contributed by atoms with Gasteiger partial charge in [0.15, 0.2) is 0 Å². The lowest BCUT2D eigenvalue weighted by Gasteiger charge is -2.23. The molecular weight excluding hydrogens is 244 g/mol. The SMILES string of the molecule is CN(C(=O)Cc1ccsc1)[C@H]1CCNC1.Cl. The van der Waals surface area contributed by atoms with Crippen LogP contribution in [0.3, 0.4) is 0 Å². The van der Waals surface area contributed by atoms with Crippen molar-refractivity contribution >= 4 is 29.7 Å². The summed E-state index contributed by atoms with van der Waals surface area (Å²) in [6.45, 7) is 1.96. The lowest BCUT2D eigenvalue weighted by Crippen LogP contribution is -2.39. The van der Waals surface area contributed by atoms with Crippen LogP contribution in [0.25, 0.3) is 0 Å². The summed E-state index contributed by atoms with van der Waals surface area (Å²) >= 11 is 1.64. The molecule has 1 fully saturated rings. The standard InChI is InChI=1S/C11H16N2OS.ClH/c1-13(10-2-4-12-7-10)11(14)6-9-3-5-15-8-9;/h3,5,8,10,12H,2,4,6-7H2,1H3;1H/t10-;/m0./s1. The molecule has 3 nitrogen and oxygen atoms in total. The van der Waals surface area contributed by atoms with Crippen molar-refractivity contribution in [1.29, 1.82) is 0 Å². The van der Waals surface area contributed by atoms with Crippen LogP contribution in [0.2, 0.25) is 0 Å². The van der Waals surface area contributed by atoms with E-state index in [1.54, 1.807) is 11.3 Å². The molecule has 1 aromatic rings. The van der Waals surface area contributed by atoms with Gasteiger partial charge < -0.3 is 10.2 Å². The number of hydrogen-bond acceptors (Lipinski definition) is 3. The molecule has 16 heavy (non-hydrogen) atoms. The van der Waals surface area contributed by atoms with Crippen molar-refractivity contribution in [2.24, 2.45) is 0 Å². The fraction of sp³-hybridized carbons (Fsp3) is 0.545. The first kappa shape index (κ1) is 13.5. The first-order chi connectivity index (χ1) is 7.27. The number of carbonyl (C=O) groups excluding carboxylic acids is 1. The maximum atomic E-state index is 11.9. The highest BCUT2D eigenvalue weighted by molar-refractivity contribution is 7.07. The van der Waals surface area contributed by atoms with Crippen LogP contribution in [0.5, 0.6) is 0 Å². The Morgan fingerprint density at radius 1 is 1.69 bits per heavy atom. The zero-order chi connectivity index (χ0) is 10.7. The third kappa shape index (κ3) is 3.20. The van der Waals surface area contributed by atoms with Crippen LogP contribution in [0, 0.1) is 0 Å². The van der Waals surface area contributed by atoms with E-state index >= 15 is 0 Å². The quantitative estimate of drug-likeness (QED) is 0.894. The van der Waals surface area contributed by atoms with E-state index in [9.17, 15) is 4.79 Å². The predicted molar refractivity (Wildman–Crippen MR) is 69.3 cm³/mol. The Bertz CT molecular complexity index is 323. The molecule has 1 N–H and O–H groups in total. The summed E-state index contributed by atoms with van der Waals surface area (Å²) in [7, 11) is 1.91. The molecule has 0 radical (unpaired) electrons. The molecule has 2 heterocycles. The second-order valence-electron chi connectivity index (χ2n) is 3.96. The molecule has 90 valence electrons. The van der Waals surface area contributed by atoms with Gasteiger partial charge >= 0.3 is 0 Å². The maximum Gasteiger partial charge on any atom is 0.227 e. The van der Waals surface area contributed by atoms with Crippen LogP contribution >= 0.6 is 23.7 Å². The van der Waals surface area contributed by atoms with Gasteiger partial charge in [0.2, 0.25) is 5.91 Å². The van der Waals surface area contributed by atoms with E-state index in [0.717, 1.165) is 25.1 Å². The van der Waals surface area contributed by atoms with Crippen LogP contribution in [0.4, 0.5) is 0 Å². The highest BCUT2D eigenvalue weighted by Gasteiger charge is 2.22. The minimum absolute atomic E-state index is 0. The van der Waals surface area contributed by atoms with Crippen molar-refractivity contribution in [1.82, 2.24) is 10.2 Å². The van der Waals surface area contributed by atoms with Crippen molar-refractivity contribution in [3.05, 3.63) is 22.4 Å². The monoisotopic (exact) mass is 260 g/mol. The van der Waals surface area contributed by atoms with Crippen LogP contribution < -0.4 is 5.32 Å². The Balaban J connectivity index is 0.00000128. The fourth-order valence-corrected chi connectivity index (χ4v) is 2.53. The van der Waals surface area contributed by atoms with Crippen LogP contribution in [-0.4, -0.2) is 37.0 Å². The first-order valence-electron chi connectivity index (χ1n) is 5.25. The number of nitrogens with one attached hydrogen (secondary N) is 1. The summed E-state index contributed by atoms with van der Waals surface area (Å²) in [5, 5.41) is 7.33. The lowest BCUT2D eigenvalue weighted by atomic mass is 10.2. The summed E-state index contributed by atoms with van der Waals surface area (Å²) in [6.07, 6.45) is 1.61. The molecule has 1 aliphatic heterocycles. The van der Waals surface area contributed by atoms with Gasteiger partial charge in [-0.15, -0.1) is 12.4 Å². The highest BCUT2D eigenvalue weighted by Crippen LogP contribution is 2.11. The number of amides is 1. The van der Waals surface area contributed by atoms with Crippen molar-refractivity contribution < 1.29 is 4.79 Å². The van der Waals surface area contributed by atoms with Gasteiger partial charge in [-0.2, -0.15) is 11.3 Å². The lowest BCUT2D eigenvalue weighted by molar-refractivity contribution is -0.130. The van der Waals surface area contributed by atoms with Crippen LogP contribution in [0.15, 0.2) is 16.8 Å². The summed E-state index contributed by atoms with van der Waals surface area (Å²) in [5.74, 6) is 0.224. The third-order valence-corrected chi connectivity index (χ3v) is 3.64. The Morgan fingerprint density at radius 3 is 3.06 bits per heavy atom. The summed E-state index contributed by atoms with van der Waals surface area (Å²) in [5.41, 5.74) is 1.13. The number of halogens is 1. The first-order valence-corrected chi connectivity index (χ1v) is 6.19. The molecule has 0 saturated carbocycles. The molecule has 5 heteroatoms. The number of rotatable bonds is 3. The Labute approximate surface area is 106 Å². The van der Waals surface area contributed by atoms with Gasteiger partial charge in [0.25, 0.3) is 0 Å². The van der Waals surface area contributed by atoms with E-state index in [1.165, 1.54) is 0 Å². The summed E-state index contributed by atoms with van der Waals surface area (Å²) in [4.78, 5) is 13.8. The number of carbonyl (C=O) groups is 1. The molecule has 0 aromatic carbocycles. The Hall–Kier alpha value is -0.580. The van der Waals surface area contributed by atoms with Crippen LogP contribution in [-0.2, 0) is 11.2 Å².